The molecule has 0 saturated carbocycles. The predicted molar refractivity (Wildman–Crippen MR) is 202 cm³/mol. The Labute approximate surface area is 302 Å². The first-order valence-corrected chi connectivity index (χ1v) is 27.8. The van der Waals surface area contributed by atoms with Crippen LogP contribution in [0.15, 0.2) is 25.3 Å². The van der Waals surface area contributed by atoms with Gasteiger partial charge in [0.05, 0.1) is 0 Å². The van der Waals surface area contributed by atoms with E-state index in [9.17, 15) is 0 Å². The summed E-state index contributed by atoms with van der Waals surface area (Å²) in [5.74, 6) is 0. The van der Waals surface area contributed by atoms with E-state index in [1.807, 2.05) is 0 Å². The second-order valence-corrected chi connectivity index (χ2v) is 38.3. The summed E-state index contributed by atoms with van der Waals surface area (Å²) in [6, 6.07) is 0. The van der Waals surface area contributed by atoms with Gasteiger partial charge in [0.1, 0.15) is 0 Å². The van der Waals surface area contributed by atoms with E-state index < -0.39 is 36.7 Å². The molecule has 0 aromatic heterocycles. The van der Waals surface area contributed by atoms with Gasteiger partial charge in [0.2, 0.25) is 0 Å². The molecule has 0 aliphatic heterocycles. The van der Waals surface area contributed by atoms with Gasteiger partial charge < -0.3 is 0 Å². The van der Waals surface area contributed by atoms with Crippen molar-refractivity contribution in [2.45, 2.75) is 184 Å². The monoisotopic (exact) mass is 788 g/mol. The summed E-state index contributed by atoms with van der Waals surface area (Å²) in [5.41, 5.74) is -0.815. The number of hydrogen-bond acceptors (Lipinski definition) is 8. The van der Waals surface area contributed by atoms with Gasteiger partial charge in [-0.2, -0.15) is 0 Å². The molecule has 0 spiro atoms. The SMILES string of the molecule is C=CCO[O][Zr](=[O])([CH2]C(C)(C)C)([O]OCC=C)([C](=O)CCCCCC(C)(C)C)([C](=O)CCCCCC(C)(C)C)[C](=O)CCCCCC(C)(C)C. The van der Waals surface area contributed by atoms with E-state index in [4.69, 9.17) is 15.7 Å². The minimum absolute atomic E-state index is 0.0927. The first-order valence-electron chi connectivity index (χ1n) is 19.3. The Kier molecular flexibility index (Phi) is 17.5. The summed E-state index contributed by atoms with van der Waals surface area (Å²) in [6.07, 6.45) is 9.46. The molecule has 8 nitrogen and oxygen atoms in total. The standard InChI is InChI=1S/3C10H19O.C5H11.2C3H6O2.O.Zr/c3*1-10(2,3)8-6-4-5-7-9-11;1-5(2,3)4;2*1-2-3-5-4;;/h3*4-8H2,1-3H3;1H2,2-4H3;2*2,4H,1,3H2;;/q;;;;;;;+2/p-2. The molecule has 0 aromatic rings. The number of rotatable bonds is 27. The third-order valence-corrected chi connectivity index (χ3v) is 31.9. The zero-order valence-corrected chi connectivity index (χ0v) is 37.0. The summed E-state index contributed by atoms with van der Waals surface area (Å²) in [7, 11) is 0. The summed E-state index contributed by atoms with van der Waals surface area (Å²) in [6.45, 7) is 31.1. The fourth-order valence-electron chi connectivity index (χ4n) is 7.53. The van der Waals surface area contributed by atoms with Gasteiger partial charge in [0.15, 0.2) is 0 Å². The van der Waals surface area contributed by atoms with Gasteiger partial charge in [-0.3, -0.25) is 0 Å². The molecular weight excluding hydrogens is 712 g/mol. The Bertz CT molecular complexity index is 1140. The maximum atomic E-state index is 17.5. The van der Waals surface area contributed by atoms with Gasteiger partial charge in [-0.25, -0.2) is 0 Å². The van der Waals surface area contributed by atoms with E-state index in [1.54, 1.807) is 20.8 Å². The van der Waals surface area contributed by atoms with Crippen LogP contribution in [-0.4, -0.2) is 23.7 Å². The topological polar surface area (TPSA) is 105 Å². The van der Waals surface area contributed by atoms with Crippen molar-refractivity contribution in [2.75, 3.05) is 13.2 Å². The third-order valence-electron chi connectivity index (χ3n) is 9.95. The van der Waals surface area contributed by atoms with Crippen molar-refractivity contribution < 1.29 is 49.6 Å². The molecule has 294 valence electrons. The number of hydrogen-bond donors (Lipinski definition) is 0. The van der Waals surface area contributed by atoms with Gasteiger partial charge in [-0.1, -0.05) is 0 Å². The Morgan fingerprint density at radius 2 is 0.760 bits per heavy atom. The van der Waals surface area contributed by atoms with E-state index >= 15 is 17.2 Å². The fraction of sp³-hybridized carbons (Fsp3) is 0.829. The van der Waals surface area contributed by atoms with Crippen molar-refractivity contribution in [3.8, 4) is 0 Å². The van der Waals surface area contributed by atoms with Crippen LogP contribution in [0.4, 0.5) is 0 Å². The molecule has 0 saturated heterocycles. The van der Waals surface area contributed by atoms with Gasteiger partial charge in [-0.15, -0.1) is 0 Å². The molecule has 0 unspecified atom stereocenters. The molecule has 0 aliphatic carbocycles. The zero-order chi connectivity index (χ0) is 39.1. The van der Waals surface area contributed by atoms with Crippen molar-refractivity contribution in [3.05, 3.63) is 25.3 Å². The van der Waals surface area contributed by atoms with Gasteiger partial charge in [0, 0.05) is 0 Å². The van der Waals surface area contributed by atoms with E-state index in [-0.39, 0.29) is 68.0 Å². The van der Waals surface area contributed by atoms with Crippen LogP contribution >= 0.6 is 0 Å². The molecule has 0 aliphatic rings. The van der Waals surface area contributed by atoms with Crippen LogP contribution in [0.1, 0.15) is 179 Å². The predicted octanol–water partition coefficient (Wildman–Crippen LogP) is 12.2. The normalized spacial score (nSPS) is 15.4. The van der Waals surface area contributed by atoms with Crippen LogP contribution in [0.25, 0.3) is 0 Å². The first kappa shape index (κ1) is 49.0. The van der Waals surface area contributed by atoms with Crippen LogP contribution in [-0.2, 0) is 49.6 Å². The van der Waals surface area contributed by atoms with Crippen LogP contribution in [0.5, 0.6) is 0 Å². The van der Waals surface area contributed by atoms with Crippen LogP contribution in [0.3, 0.4) is 0 Å². The number of carbonyl (C=O) groups is 3. The molecule has 0 bridgehead atoms. The average molecular weight is 790 g/mol. The van der Waals surface area contributed by atoms with E-state index in [1.165, 1.54) is 12.2 Å². The van der Waals surface area contributed by atoms with E-state index in [2.05, 4.69) is 75.5 Å². The fourth-order valence-corrected chi connectivity index (χ4v) is 28.9. The van der Waals surface area contributed by atoms with Crippen molar-refractivity contribution in [2.24, 2.45) is 21.7 Å². The number of carbonyl (C=O) groups excluding carboxylic acids is 3. The van der Waals surface area contributed by atoms with Crippen LogP contribution < -0.4 is 0 Å². The molecule has 50 heavy (non-hydrogen) atoms. The van der Waals surface area contributed by atoms with Crippen molar-refractivity contribution in [1.29, 1.82) is 0 Å². The average Bonchev–Trinajstić information content (AvgIpc) is 2.94. The van der Waals surface area contributed by atoms with Gasteiger partial charge >= 0.3 is 304 Å². The maximum absolute atomic E-state index is 17.5. The Balaban J connectivity index is 7.74. The first-order chi connectivity index (χ1) is 22.6. The number of unbranched alkanes of at least 4 members (excludes halogenated alkanes) is 6. The molecule has 0 radical (unpaired) electrons. The van der Waals surface area contributed by atoms with Crippen LogP contribution in [0.2, 0.25) is 4.13 Å². The molecule has 9 heteroatoms. The van der Waals surface area contributed by atoms with Crippen LogP contribution in [0, 0.1) is 21.7 Å². The Morgan fingerprint density at radius 3 is 0.980 bits per heavy atom. The summed E-state index contributed by atoms with van der Waals surface area (Å²) >= 11 is -9.60. The van der Waals surface area contributed by atoms with Crippen molar-refractivity contribution in [1.82, 2.24) is 0 Å². The summed E-state index contributed by atoms with van der Waals surface area (Å²) in [5, 5.41) is 0. The van der Waals surface area contributed by atoms with Gasteiger partial charge in [0.25, 0.3) is 0 Å². The zero-order valence-electron chi connectivity index (χ0n) is 34.6. The molecule has 0 fully saturated rings. The molecule has 0 rings (SSSR count). The Morgan fingerprint density at radius 1 is 0.480 bits per heavy atom. The van der Waals surface area contributed by atoms with Gasteiger partial charge in [-0.05, 0) is 0 Å². The van der Waals surface area contributed by atoms with E-state index in [0.717, 1.165) is 38.5 Å². The molecule has 0 N–H and O–H groups in total. The molecule has 0 atom stereocenters. The van der Waals surface area contributed by atoms with E-state index in [0.29, 0.717) is 19.3 Å². The third kappa shape index (κ3) is 12.6. The van der Waals surface area contributed by atoms with Crippen molar-refractivity contribution in [3.63, 3.8) is 0 Å². The second-order valence-electron chi connectivity index (χ2n) is 20.2. The Hall–Kier alpha value is -0.987. The second kappa shape index (κ2) is 17.9. The molecular formula is C41H78O8Zr. The quantitative estimate of drug-likeness (QED) is 0.0350. The van der Waals surface area contributed by atoms with Crippen molar-refractivity contribution >= 4 is 10.5 Å². The molecule has 0 heterocycles. The summed E-state index contributed by atoms with van der Waals surface area (Å²) < 4.78 is 25.5. The summed E-state index contributed by atoms with van der Waals surface area (Å²) in [4.78, 5) is 57.5. The molecule has 0 aromatic carbocycles. The minimum atomic E-state index is -9.60. The molecule has 0 amide bonds.